The second kappa shape index (κ2) is 8.70. The van der Waals surface area contributed by atoms with Crippen molar-refractivity contribution in [1.82, 2.24) is 10.6 Å². The van der Waals surface area contributed by atoms with Crippen LogP contribution in [0.15, 0.2) is 60.7 Å². The number of amides is 1. The molecule has 4 rings (SSSR count). The summed E-state index contributed by atoms with van der Waals surface area (Å²) in [6.07, 6.45) is 5.17. The number of halogens is 1. The molecule has 2 heterocycles. The number of carbonyl (C=O) groups is 1. The predicted molar refractivity (Wildman–Crippen MR) is 108 cm³/mol. The Morgan fingerprint density at radius 2 is 1.42 bits per heavy atom. The van der Waals surface area contributed by atoms with Gasteiger partial charge in [0.25, 0.3) is 0 Å². The third-order valence-electron chi connectivity index (χ3n) is 5.63. The summed E-state index contributed by atoms with van der Waals surface area (Å²) in [6.45, 7) is 0. The van der Waals surface area contributed by atoms with Crippen LogP contribution in [0.4, 0.5) is 0 Å². The highest BCUT2D eigenvalue weighted by atomic mass is 35.5. The fourth-order valence-corrected chi connectivity index (χ4v) is 4.45. The van der Waals surface area contributed by atoms with Gasteiger partial charge in [-0.2, -0.15) is 0 Å². The number of hydrogen-bond donors (Lipinski definition) is 2. The molecule has 26 heavy (non-hydrogen) atoms. The van der Waals surface area contributed by atoms with Gasteiger partial charge in [0.05, 0.1) is 0 Å². The second-order valence-corrected chi connectivity index (χ2v) is 7.45. The van der Waals surface area contributed by atoms with Crippen molar-refractivity contribution in [2.24, 2.45) is 0 Å². The van der Waals surface area contributed by atoms with Crippen molar-refractivity contribution >= 4 is 18.3 Å². The van der Waals surface area contributed by atoms with Crippen molar-refractivity contribution in [3.8, 4) is 0 Å². The molecule has 0 spiro atoms. The third-order valence-corrected chi connectivity index (χ3v) is 5.63. The summed E-state index contributed by atoms with van der Waals surface area (Å²) >= 11 is 0. The lowest BCUT2D eigenvalue weighted by Gasteiger charge is -2.30. The fraction of sp³-hybridized carbons (Fsp3) is 0.409. The van der Waals surface area contributed by atoms with Gasteiger partial charge in [-0.3, -0.25) is 4.79 Å². The van der Waals surface area contributed by atoms with Crippen molar-refractivity contribution < 1.29 is 4.79 Å². The van der Waals surface area contributed by atoms with Gasteiger partial charge in [-0.05, 0) is 36.8 Å². The Kier molecular flexibility index (Phi) is 6.33. The number of rotatable bonds is 5. The SMILES string of the molecule is Cl.O=C(CC(c1ccccc1)c1ccccc1)NC1CC2CCC(C1)N2. The Balaban J connectivity index is 0.00000196. The summed E-state index contributed by atoms with van der Waals surface area (Å²) in [4.78, 5) is 12.8. The number of hydrogen-bond acceptors (Lipinski definition) is 2. The van der Waals surface area contributed by atoms with E-state index < -0.39 is 0 Å². The molecule has 2 aliphatic rings. The molecular weight excluding hydrogens is 344 g/mol. The van der Waals surface area contributed by atoms with Crippen LogP contribution in [0.3, 0.4) is 0 Å². The van der Waals surface area contributed by atoms with Crippen LogP contribution in [-0.2, 0) is 4.79 Å². The third kappa shape index (κ3) is 4.46. The lowest BCUT2D eigenvalue weighted by Crippen LogP contribution is -2.48. The maximum absolute atomic E-state index is 12.8. The standard InChI is InChI=1S/C22H26N2O.ClH/c25-22(24-20-13-18-11-12-19(14-20)23-18)15-21(16-7-3-1-4-8-16)17-9-5-2-6-10-17;/h1-10,18-21,23H,11-15H2,(H,24,25);1H. The summed E-state index contributed by atoms with van der Waals surface area (Å²) in [5.41, 5.74) is 2.41. The lowest BCUT2D eigenvalue weighted by molar-refractivity contribution is -0.122. The van der Waals surface area contributed by atoms with Gasteiger partial charge in [0.1, 0.15) is 0 Å². The largest absolute Gasteiger partial charge is 0.353 e. The molecule has 0 aliphatic carbocycles. The van der Waals surface area contributed by atoms with Crippen LogP contribution < -0.4 is 10.6 Å². The number of nitrogens with one attached hydrogen (secondary N) is 2. The van der Waals surface area contributed by atoms with Gasteiger partial charge in [-0.25, -0.2) is 0 Å². The first-order valence-corrected chi connectivity index (χ1v) is 9.43. The van der Waals surface area contributed by atoms with Crippen molar-refractivity contribution in [3.05, 3.63) is 71.8 Å². The molecule has 2 N–H and O–H groups in total. The molecule has 2 saturated heterocycles. The van der Waals surface area contributed by atoms with E-state index in [1.807, 2.05) is 36.4 Å². The molecule has 2 aromatic carbocycles. The maximum Gasteiger partial charge on any atom is 0.221 e. The minimum atomic E-state index is 0. The quantitative estimate of drug-likeness (QED) is 0.834. The number of benzene rings is 2. The molecule has 4 heteroatoms. The zero-order chi connectivity index (χ0) is 17.1. The van der Waals surface area contributed by atoms with E-state index in [0.717, 1.165) is 12.8 Å². The van der Waals surface area contributed by atoms with Crippen molar-refractivity contribution in [2.75, 3.05) is 0 Å². The summed E-state index contributed by atoms with van der Waals surface area (Å²) in [5.74, 6) is 0.282. The van der Waals surface area contributed by atoms with Crippen molar-refractivity contribution in [1.29, 1.82) is 0 Å². The summed E-state index contributed by atoms with van der Waals surface area (Å²) in [7, 11) is 0. The normalized spacial score (nSPS) is 24.1. The minimum Gasteiger partial charge on any atom is -0.353 e. The van der Waals surface area contributed by atoms with E-state index in [4.69, 9.17) is 0 Å². The monoisotopic (exact) mass is 370 g/mol. The van der Waals surface area contributed by atoms with Crippen LogP contribution in [0.5, 0.6) is 0 Å². The van der Waals surface area contributed by atoms with E-state index in [0.29, 0.717) is 24.5 Å². The topological polar surface area (TPSA) is 41.1 Å². The highest BCUT2D eigenvalue weighted by Gasteiger charge is 2.34. The van der Waals surface area contributed by atoms with Crippen LogP contribution >= 0.6 is 12.4 Å². The Morgan fingerprint density at radius 1 is 0.923 bits per heavy atom. The molecular formula is C22H27ClN2O. The van der Waals surface area contributed by atoms with Gasteiger partial charge in [0, 0.05) is 30.5 Å². The molecule has 3 nitrogen and oxygen atoms in total. The van der Waals surface area contributed by atoms with Crippen LogP contribution in [0, 0.1) is 0 Å². The van der Waals surface area contributed by atoms with Crippen LogP contribution in [0.1, 0.15) is 49.1 Å². The molecule has 0 radical (unpaired) electrons. The first-order chi connectivity index (χ1) is 12.3. The van der Waals surface area contributed by atoms with Gasteiger partial charge >= 0.3 is 0 Å². The fourth-order valence-electron chi connectivity index (χ4n) is 4.45. The molecule has 0 aromatic heterocycles. The number of carbonyl (C=O) groups excluding carboxylic acids is 1. The van der Waals surface area contributed by atoms with Gasteiger partial charge in [-0.15, -0.1) is 12.4 Å². The van der Waals surface area contributed by atoms with E-state index in [-0.39, 0.29) is 24.2 Å². The van der Waals surface area contributed by atoms with Gasteiger partial charge in [-0.1, -0.05) is 60.7 Å². The molecule has 2 bridgehead atoms. The second-order valence-electron chi connectivity index (χ2n) is 7.45. The molecule has 2 fully saturated rings. The van der Waals surface area contributed by atoms with Gasteiger partial charge in [0.15, 0.2) is 0 Å². The van der Waals surface area contributed by atoms with Gasteiger partial charge in [0.2, 0.25) is 5.91 Å². The molecule has 2 unspecified atom stereocenters. The van der Waals surface area contributed by atoms with E-state index in [1.165, 1.54) is 24.0 Å². The zero-order valence-corrected chi connectivity index (χ0v) is 15.8. The van der Waals surface area contributed by atoms with E-state index in [2.05, 4.69) is 34.9 Å². The molecule has 0 saturated carbocycles. The molecule has 2 aromatic rings. The number of piperidine rings is 1. The molecule has 2 atom stereocenters. The summed E-state index contributed by atoms with van der Waals surface area (Å²) in [5, 5.41) is 6.95. The highest BCUT2D eigenvalue weighted by Crippen LogP contribution is 2.29. The first kappa shape index (κ1) is 18.9. The lowest BCUT2D eigenvalue weighted by atomic mass is 9.88. The van der Waals surface area contributed by atoms with Crippen LogP contribution in [0.25, 0.3) is 0 Å². The van der Waals surface area contributed by atoms with Crippen molar-refractivity contribution in [2.45, 2.75) is 56.1 Å². The van der Waals surface area contributed by atoms with Crippen molar-refractivity contribution in [3.63, 3.8) is 0 Å². The Labute approximate surface area is 162 Å². The van der Waals surface area contributed by atoms with E-state index >= 15 is 0 Å². The van der Waals surface area contributed by atoms with Crippen LogP contribution in [0.2, 0.25) is 0 Å². The molecule has 1 amide bonds. The van der Waals surface area contributed by atoms with E-state index in [1.54, 1.807) is 0 Å². The molecule has 138 valence electrons. The number of fused-ring (bicyclic) bond motifs is 2. The minimum absolute atomic E-state index is 0. The summed E-state index contributed by atoms with van der Waals surface area (Å²) in [6, 6.07) is 22.3. The Bertz CT molecular complexity index is 655. The van der Waals surface area contributed by atoms with Gasteiger partial charge < -0.3 is 10.6 Å². The van der Waals surface area contributed by atoms with Crippen LogP contribution in [-0.4, -0.2) is 24.0 Å². The average Bonchev–Trinajstić information content (AvgIpc) is 2.99. The Hall–Kier alpha value is -1.84. The molecule has 2 aliphatic heterocycles. The van der Waals surface area contributed by atoms with E-state index in [9.17, 15) is 4.79 Å². The highest BCUT2D eigenvalue weighted by molar-refractivity contribution is 5.85. The average molecular weight is 371 g/mol. The smallest absolute Gasteiger partial charge is 0.221 e. The summed E-state index contributed by atoms with van der Waals surface area (Å²) < 4.78 is 0. The predicted octanol–water partition coefficient (Wildman–Crippen LogP) is 4.03. The maximum atomic E-state index is 12.8. The Morgan fingerprint density at radius 3 is 1.92 bits per heavy atom. The zero-order valence-electron chi connectivity index (χ0n) is 14.9. The first-order valence-electron chi connectivity index (χ1n) is 9.43.